The Labute approximate surface area is 211 Å². The van der Waals surface area contributed by atoms with Crippen LogP contribution in [0.2, 0.25) is 0 Å². The predicted octanol–water partition coefficient (Wildman–Crippen LogP) is 6.63. The lowest BCUT2D eigenvalue weighted by Gasteiger charge is -2.19. The van der Waals surface area contributed by atoms with Crippen LogP contribution in [0.5, 0.6) is 5.75 Å². The first-order valence-corrected chi connectivity index (χ1v) is 12.6. The molecule has 6 nitrogen and oxygen atoms in total. The van der Waals surface area contributed by atoms with Gasteiger partial charge in [0.25, 0.3) is 0 Å². The van der Waals surface area contributed by atoms with E-state index < -0.39 is 5.82 Å². The first-order chi connectivity index (χ1) is 17.4. The lowest BCUT2D eigenvalue weighted by atomic mass is 9.96. The Kier molecular flexibility index (Phi) is 6.92. The van der Waals surface area contributed by atoms with Crippen LogP contribution in [-0.4, -0.2) is 47.7 Å². The van der Waals surface area contributed by atoms with Crippen LogP contribution >= 0.6 is 0 Å². The molecule has 4 aromatic rings. The smallest absolute Gasteiger partial charge is 0.232 e. The van der Waals surface area contributed by atoms with Crippen molar-refractivity contribution in [2.24, 2.45) is 5.41 Å². The topological polar surface area (TPSA) is 63.4 Å². The number of aromatic nitrogens is 2. The third-order valence-electron chi connectivity index (χ3n) is 6.39. The van der Waals surface area contributed by atoms with Crippen LogP contribution in [0, 0.1) is 11.2 Å². The van der Waals surface area contributed by atoms with Crippen molar-refractivity contribution in [2.45, 2.75) is 33.6 Å². The van der Waals surface area contributed by atoms with Gasteiger partial charge in [-0.25, -0.2) is 14.4 Å². The highest BCUT2D eigenvalue weighted by Crippen LogP contribution is 2.43. The molecule has 1 aliphatic heterocycles. The van der Waals surface area contributed by atoms with E-state index in [1.165, 1.54) is 25.2 Å². The summed E-state index contributed by atoms with van der Waals surface area (Å²) in [6.07, 6.45) is 3.94. The Hall–Kier alpha value is -3.45. The summed E-state index contributed by atoms with van der Waals surface area (Å²) in [5, 5.41) is 4.25. The van der Waals surface area contributed by atoms with Crippen LogP contribution in [0.3, 0.4) is 0 Å². The van der Waals surface area contributed by atoms with Crippen molar-refractivity contribution < 1.29 is 13.5 Å². The van der Waals surface area contributed by atoms with Crippen LogP contribution < -0.4 is 10.1 Å². The maximum atomic E-state index is 15.1. The number of furan rings is 1. The van der Waals surface area contributed by atoms with Crippen molar-refractivity contribution in [2.75, 3.05) is 38.1 Å². The van der Waals surface area contributed by atoms with Crippen molar-refractivity contribution in [1.82, 2.24) is 14.9 Å². The summed E-state index contributed by atoms with van der Waals surface area (Å²) in [6.45, 7) is 10.7. The van der Waals surface area contributed by atoms with E-state index in [4.69, 9.17) is 9.15 Å². The van der Waals surface area contributed by atoms with Gasteiger partial charge >= 0.3 is 0 Å². The molecule has 0 amide bonds. The Morgan fingerprint density at radius 1 is 1.03 bits per heavy atom. The summed E-state index contributed by atoms with van der Waals surface area (Å²) in [6, 6.07) is 14.9. The molecule has 2 aromatic carbocycles. The Morgan fingerprint density at radius 3 is 2.53 bits per heavy atom. The molecule has 0 aliphatic carbocycles. The second-order valence-electron chi connectivity index (χ2n) is 10.5. The summed E-state index contributed by atoms with van der Waals surface area (Å²) < 4.78 is 27.2. The van der Waals surface area contributed by atoms with Crippen LogP contribution in [0.15, 0.2) is 59.3 Å². The van der Waals surface area contributed by atoms with Crippen LogP contribution in [-0.2, 0) is 0 Å². The lowest BCUT2D eigenvalue weighted by molar-refractivity contribution is 0.231. The second kappa shape index (κ2) is 10.3. The molecule has 1 saturated heterocycles. The zero-order chi connectivity index (χ0) is 25.1. The molecule has 1 fully saturated rings. The highest BCUT2D eigenvalue weighted by molar-refractivity contribution is 6.05. The predicted molar refractivity (Wildman–Crippen MR) is 142 cm³/mol. The monoisotopic (exact) mass is 488 g/mol. The van der Waals surface area contributed by atoms with E-state index >= 15 is 4.39 Å². The second-order valence-corrected chi connectivity index (χ2v) is 10.5. The summed E-state index contributed by atoms with van der Waals surface area (Å²) in [7, 11) is 0. The van der Waals surface area contributed by atoms with E-state index in [2.05, 4.69) is 41.0 Å². The van der Waals surface area contributed by atoms with Gasteiger partial charge in [0.2, 0.25) is 5.71 Å². The maximum absolute atomic E-state index is 15.1. The Morgan fingerprint density at radius 2 is 1.81 bits per heavy atom. The molecule has 2 aromatic heterocycles. The molecule has 0 bridgehead atoms. The number of nitrogens with one attached hydrogen (secondary N) is 1. The lowest BCUT2D eigenvalue weighted by Crippen LogP contribution is -2.25. The average Bonchev–Trinajstić information content (AvgIpc) is 3.52. The van der Waals surface area contributed by atoms with Crippen molar-refractivity contribution in [3.05, 3.63) is 60.7 Å². The molecule has 0 unspecified atom stereocenters. The fraction of sp³-hybridized carbons (Fsp3) is 0.379. The van der Waals surface area contributed by atoms with Gasteiger partial charge in [-0.15, -0.1) is 0 Å². The molecule has 36 heavy (non-hydrogen) atoms. The van der Waals surface area contributed by atoms with E-state index in [1.54, 1.807) is 6.07 Å². The summed E-state index contributed by atoms with van der Waals surface area (Å²) in [4.78, 5) is 11.3. The summed E-state index contributed by atoms with van der Waals surface area (Å²) >= 11 is 0. The number of benzene rings is 2. The molecule has 1 N–H and O–H groups in total. The van der Waals surface area contributed by atoms with Crippen LogP contribution in [0.1, 0.15) is 33.6 Å². The van der Waals surface area contributed by atoms with Gasteiger partial charge in [-0.05, 0) is 55.1 Å². The Balaban J connectivity index is 1.51. The number of halogens is 1. The number of hydrogen-bond acceptors (Lipinski definition) is 6. The van der Waals surface area contributed by atoms with Crippen molar-refractivity contribution in [3.8, 4) is 28.2 Å². The number of nitrogens with zero attached hydrogens (tertiary/aromatic N) is 3. The number of anilines is 1. The van der Waals surface area contributed by atoms with Crippen molar-refractivity contribution in [3.63, 3.8) is 0 Å². The standard InChI is InChI=1S/C29H33FN4O2/c1-29(2,3)18-31-27-25-24(20-9-5-4-6-10-20)26(36-28(25)33-19-32-27)21-11-12-23(22(30)17-21)35-16-15-34-13-7-8-14-34/h4-6,9-12,17,19H,7-8,13-16,18H2,1-3H3,(H,31,32,33). The fourth-order valence-corrected chi connectivity index (χ4v) is 4.55. The van der Waals surface area contributed by atoms with Gasteiger partial charge in [-0.3, -0.25) is 4.90 Å². The highest BCUT2D eigenvalue weighted by atomic mass is 19.1. The quantitative estimate of drug-likeness (QED) is 0.300. The molecule has 7 heteroatoms. The van der Waals surface area contributed by atoms with E-state index in [9.17, 15) is 0 Å². The molecule has 0 atom stereocenters. The van der Waals surface area contributed by atoms with Gasteiger partial charge in [-0.1, -0.05) is 51.1 Å². The zero-order valence-electron chi connectivity index (χ0n) is 21.2. The van der Waals surface area contributed by atoms with Gasteiger partial charge in [-0.2, -0.15) is 0 Å². The third kappa shape index (κ3) is 5.36. The van der Waals surface area contributed by atoms with Gasteiger partial charge in [0.1, 0.15) is 24.5 Å². The van der Waals surface area contributed by atoms with E-state index in [-0.39, 0.29) is 11.2 Å². The van der Waals surface area contributed by atoms with Gasteiger partial charge < -0.3 is 14.5 Å². The number of hydrogen-bond donors (Lipinski definition) is 1. The number of ether oxygens (including phenoxy) is 1. The first kappa shape index (κ1) is 24.3. The van der Waals surface area contributed by atoms with Crippen molar-refractivity contribution in [1.29, 1.82) is 0 Å². The first-order valence-electron chi connectivity index (χ1n) is 12.6. The molecule has 0 saturated carbocycles. The summed E-state index contributed by atoms with van der Waals surface area (Å²) in [5.41, 5.74) is 2.93. The number of fused-ring (bicyclic) bond motifs is 1. The fourth-order valence-electron chi connectivity index (χ4n) is 4.55. The SMILES string of the molecule is CC(C)(C)CNc1ncnc2oc(-c3ccc(OCCN4CCCC4)c(F)c3)c(-c3ccccc3)c12. The number of rotatable bonds is 8. The molecular weight excluding hydrogens is 455 g/mol. The largest absolute Gasteiger partial charge is 0.489 e. The Bertz CT molecular complexity index is 1320. The van der Waals surface area contributed by atoms with Gasteiger partial charge in [0, 0.05) is 24.2 Å². The molecule has 1 aliphatic rings. The molecular formula is C29H33FN4O2. The van der Waals surface area contributed by atoms with Crippen LogP contribution in [0.4, 0.5) is 10.2 Å². The molecule has 3 heterocycles. The zero-order valence-corrected chi connectivity index (χ0v) is 21.2. The maximum Gasteiger partial charge on any atom is 0.232 e. The highest BCUT2D eigenvalue weighted by Gasteiger charge is 2.24. The minimum Gasteiger partial charge on any atom is -0.489 e. The molecule has 5 rings (SSSR count). The normalized spacial score (nSPS) is 14.4. The molecule has 0 spiro atoms. The molecule has 0 radical (unpaired) electrons. The average molecular weight is 489 g/mol. The van der Waals surface area contributed by atoms with E-state index in [1.807, 2.05) is 36.4 Å². The van der Waals surface area contributed by atoms with Crippen LogP contribution in [0.25, 0.3) is 33.6 Å². The minimum absolute atomic E-state index is 0.0600. The van der Waals surface area contributed by atoms with Gasteiger partial charge in [0.15, 0.2) is 11.6 Å². The van der Waals surface area contributed by atoms with Gasteiger partial charge in [0.05, 0.1) is 5.39 Å². The molecule has 188 valence electrons. The van der Waals surface area contributed by atoms with E-state index in [0.717, 1.165) is 42.7 Å². The minimum atomic E-state index is -0.412. The third-order valence-corrected chi connectivity index (χ3v) is 6.39. The number of likely N-dealkylation sites (tertiary alicyclic amines) is 1. The van der Waals surface area contributed by atoms with Crippen molar-refractivity contribution >= 4 is 16.9 Å². The van der Waals surface area contributed by atoms with E-state index in [0.29, 0.717) is 29.5 Å². The summed E-state index contributed by atoms with van der Waals surface area (Å²) in [5.74, 6) is 1.09.